The number of methoxy groups -OCH3 is 1. The molecular weight excluding hydrogens is 272 g/mol. The number of hydrogen-bond donors (Lipinski definition) is 2. The Morgan fingerprint density at radius 1 is 1.29 bits per heavy atom. The van der Waals surface area contributed by atoms with Gasteiger partial charge in [0, 0.05) is 20.1 Å². The molecule has 21 heavy (non-hydrogen) atoms. The minimum Gasteiger partial charge on any atom is -0.497 e. The largest absolute Gasteiger partial charge is 0.497 e. The number of carboxylic acid groups (broad SMARTS) is 1. The van der Waals surface area contributed by atoms with Crippen LogP contribution < -0.4 is 10.1 Å². The zero-order valence-corrected chi connectivity index (χ0v) is 12.8. The second-order valence-corrected chi connectivity index (χ2v) is 5.55. The number of carbonyl (C=O) groups excluding carboxylic acids is 1. The lowest BCUT2D eigenvalue weighted by Crippen LogP contribution is -2.43. The first-order chi connectivity index (χ1) is 9.76. The van der Waals surface area contributed by atoms with E-state index >= 15 is 0 Å². The number of carboxylic acids is 1. The van der Waals surface area contributed by atoms with E-state index in [1.165, 1.54) is 4.90 Å². The molecule has 0 aliphatic rings. The van der Waals surface area contributed by atoms with E-state index in [1.54, 1.807) is 28.0 Å². The smallest absolute Gasteiger partial charge is 0.317 e. The van der Waals surface area contributed by atoms with Crippen molar-refractivity contribution in [2.45, 2.75) is 20.4 Å². The van der Waals surface area contributed by atoms with E-state index in [2.05, 4.69) is 5.32 Å². The first kappa shape index (κ1) is 16.8. The molecule has 0 unspecified atom stereocenters. The molecule has 0 saturated carbocycles. The van der Waals surface area contributed by atoms with E-state index in [0.717, 1.165) is 11.3 Å². The molecule has 1 rings (SSSR count). The summed E-state index contributed by atoms with van der Waals surface area (Å²) in [6.07, 6.45) is 0. The average Bonchev–Trinajstić information content (AvgIpc) is 2.45. The molecule has 6 nitrogen and oxygen atoms in total. The van der Waals surface area contributed by atoms with Gasteiger partial charge >= 0.3 is 12.0 Å². The van der Waals surface area contributed by atoms with Crippen molar-refractivity contribution in [2.75, 3.05) is 20.7 Å². The molecule has 116 valence electrons. The zero-order valence-electron chi connectivity index (χ0n) is 12.8. The van der Waals surface area contributed by atoms with Gasteiger partial charge in [0.25, 0.3) is 0 Å². The maximum Gasteiger partial charge on any atom is 0.317 e. The molecule has 0 fully saturated rings. The van der Waals surface area contributed by atoms with Crippen LogP contribution in [-0.2, 0) is 11.3 Å². The third-order valence-electron chi connectivity index (χ3n) is 3.19. The van der Waals surface area contributed by atoms with E-state index in [-0.39, 0.29) is 12.6 Å². The van der Waals surface area contributed by atoms with Gasteiger partial charge in [-0.25, -0.2) is 4.79 Å². The van der Waals surface area contributed by atoms with Crippen LogP contribution in [0.25, 0.3) is 0 Å². The van der Waals surface area contributed by atoms with Crippen molar-refractivity contribution < 1.29 is 19.4 Å². The molecule has 0 aliphatic heterocycles. The molecule has 6 heteroatoms. The highest BCUT2D eigenvalue weighted by atomic mass is 16.5. The fourth-order valence-electron chi connectivity index (χ4n) is 1.58. The molecule has 0 radical (unpaired) electrons. The molecule has 2 N–H and O–H groups in total. The molecule has 0 bridgehead atoms. The Balaban J connectivity index is 2.52. The SMILES string of the molecule is COc1ccc(CN(C)C(=O)NCC(C)(C)C(=O)O)cc1. The van der Waals surface area contributed by atoms with Crippen LogP contribution in [0, 0.1) is 5.41 Å². The van der Waals surface area contributed by atoms with Gasteiger partial charge in [0.1, 0.15) is 5.75 Å². The molecule has 1 aromatic rings. The number of rotatable bonds is 6. The van der Waals surface area contributed by atoms with Crippen LogP contribution in [-0.4, -0.2) is 42.7 Å². The third-order valence-corrected chi connectivity index (χ3v) is 3.19. The van der Waals surface area contributed by atoms with Crippen molar-refractivity contribution in [1.82, 2.24) is 10.2 Å². The molecule has 2 amide bonds. The number of amides is 2. The summed E-state index contributed by atoms with van der Waals surface area (Å²) in [5.41, 5.74) is -0.0256. The van der Waals surface area contributed by atoms with Crippen molar-refractivity contribution in [1.29, 1.82) is 0 Å². The van der Waals surface area contributed by atoms with Crippen molar-refractivity contribution in [3.63, 3.8) is 0 Å². The van der Waals surface area contributed by atoms with E-state index in [1.807, 2.05) is 24.3 Å². The van der Waals surface area contributed by atoms with Gasteiger partial charge < -0.3 is 20.1 Å². The van der Waals surface area contributed by atoms with E-state index in [4.69, 9.17) is 9.84 Å². The van der Waals surface area contributed by atoms with Crippen molar-refractivity contribution >= 4 is 12.0 Å². The lowest BCUT2D eigenvalue weighted by molar-refractivity contribution is -0.146. The van der Waals surface area contributed by atoms with Gasteiger partial charge in [0.2, 0.25) is 0 Å². The Hall–Kier alpha value is -2.24. The summed E-state index contributed by atoms with van der Waals surface area (Å²) >= 11 is 0. The second-order valence-electron chi connectivity index (χ2n) is 5.55. The topological polar surface area (TPSA) is 78.9 Å². The number of nitrogens with zero attached hydrogens (tertiary/aromatic N) is 1. The summed E-state index contributed by atoms with van der Waals surface area (Å²) in [6.45, 7) is 3.65. The summed E-state index contributed by atoms with van der Waals surface area (Å²) in [5.74, 6) is -0.185. The quantitative estimate of drug-likeness (QED) is 0.840. The molecule has 0 spiro atoms. The molecule has 1 aromatic carbocycles. The predicted molar refractivity (Wildman–Crippen MR) is 79.3 cm³/mol. The minimum absolute atomic E-state index is 0.0775. The van der Waals surface area contributed by atoms with Crippen molar-refractivity contribution in [3.8, 4) is 5.75 Å². The van der Waals surface area contributed by atoms with Crippen LogP contribution in [0.3, 0.4) is 0 Å². The number of ether oxygens (including phenoxy) is 1. The maximum absolute atomic E-state index is 11.9. The summed E-state index contributed by atoms with van der Waals surface area (Å²) in [7, 11) is 3.26. The first-order valence-electron chi connectivity index (χ1n) is 6.61. The Morgan fingerprint density at radius 2 is 1.86 bits per heavy atom. The predicted octanol–water partition coefficient (Wildman–Crippen LogP) is 1.95. The molecule has 0 saturated heterocycles. The van der Waals surface area contributed by atoms with E-state index in [9.17, 15) is 9.59 Å². The molecule has 0 aromatic heterocycles. The van der Waals surface area contributed by atoms with Gasteiger partial charge in [0.15, 0.2) is 0 Å². The Labute approximate surface area is 124 Å². The first-order valence-corrected chi connectivity index (χ1v) is 6.61. The summed E-state index contributed by atoms with van der Waals surface area (Å²) in [5, 5.41) is 11.6. The van der Waals surface area contributed by atoms with Gasteiger partial charge in [-0.2, -0.15) is 0 Å². The minimum atomic E-state index is -0.989. The summed E-state index contributed by atoms with van der Waals surface area (Å²) in [4.78, 5) is 24.4. The van der Waals surface area contributed by atoms with E-state index in [0.29, 0.717) is 6.54 Å². The number of aliphatic carboxylic acids is 1. The third kappa shape index (κ3) is 4.98. The van der Waals surface area contributed by atoms with Crippen LogP contribution in [0.15, 0.2) is 24.3 Å². The number of urea groups is 1. The zero-order chi connectivity index (χ0) is 16.0. The monoisotopic (exact) mass is 294 g/mol. The number of hydrogen-bond acceptors (Lipinski definition) is 3. The highest BCUT2D eigenvalue weighted by Gasteiger charge is 2.28. The Morgan fingerprint density at radius 3 is 2.33 bits per heavy atom. The molecule has 0 aliphatic carbocycles. The summed E-state index contributed by atoms with van der Waals surface area (Å²) in [6, 6.07) is 7.11. The lowest BCUT2D eigenvalue weighted by Gasteiger charge is -2.23. The van der Waals surface area contributed by atoms with Crippen LogP contribution in [0.1, 0.15) is 19.4 Å². The van der Waals surface area contributed by atoms with Crippen LogP contribution in [0.4, 0.5) is 4.79 Å². The molecule has 0 heterocycles. The highest BCUT2D eigenvalue weighted by molar-refractivity contribution is 5.77. The molecule has 0 atom stereocenters. The lowest BCUT2D eigenvalue weighted by atomic mass is 9.94. The average molecular weight is 294 g/mol. The fraction of sp³-hybridized carbons (Fsp3) is 0.467. The fourth-order valence-corrected chi connectivity index (χ4v) is 1.58. The standard InChI is InChI=1S/C15H22N2O4/c1-15(2,13(18)19)10-16-14(20)17(3)9-11-5-7-12(21-4)8-6-11/h5-8H,9-10H2,1-4H3,(H,16,20)(H,18,19). The van der Waals surface area contributed by atoms with Crippen LogP contribution in [0.2, 0.25) is 0 Å². The van der Waals surface area contributed by atoms with Crippen molar-refractivity contribution in [2.24, 2.45) is 5.41 Å². The van der Waals surface area contributed by atoms with E-state index < -0.39 is 11.4 Å². The highest BCUT2D eigenvalue weighted by Crippen LogP contribution is 2.14. The Bertz CT molecular complexity index is 497. The van der Waals surface area contributed by atoms with Crippen LogP contribution >= 0.6 is 0 Å². The normalized spacial score (nSPS) is 10.9. The van der Waals surface area contributed by atoms with Gasteiger partial charge in [-0.3, -0.25) is 4.79 Å². The number of carbonyl (C=O) groups is 2. The van der Waals surface area contributed by atoms with Crippen molar-refractivity contribution in [3.05, 3.63) is 29.8 Å². The maximum atomic E-state index is 11.9. The van der Waals surface area contributed by atoms with Gasteiger partial charge in [0.05, 0.1) is 12.5 Å². The van der Waals surface area contributed by atoms with Crippen LogP contribution in [0.5, 0.6) is 5.75 Å². The number of benzene rings is 1. The van der Waals surface area contributed by atoms with Gasteiger partial charge in [-0.1, -0.05) is 12.1 Å². The summed E-state index contributed by atoms with van der Waals surface area (Å²) < 4.78 is 5.07. The Kier molecular flexibility index (Phi) is 5.58. The molecular formula is C15H22N2O4. The van der Waals surface area contributed by atoms with Gasteiger partial charge in [-0.05, 0) is 31.5 Å². The second kappa shape index (κ2) is 6.97. The number of nitrogens with one attached hydrogen (secondary N) is 1. The van der Waals surface area contributed by atoms with Gasteiger partial charge in [-0.15, -0.1) is 0 Å².